The first-order chi connectivity index (χ1) is 8.75. The van der Waals surface area contributed by atoms with E-state index in [1.54, 1.807) is 6.92 Å². The Morgan fingerprint density at radius 2 is 2.16 bits per heavy atom. The molecule has 8 heteroatoms. The smallest absolute Gasteiger partial charge is 0.337 e. The number of benzene rings is 1. The van der Waals surface area contributed by atoms with E-state index in [0.29, 0.717) is 0 Å². The average molecular weight is 308 g/mol. The molecule has 0 amide bonds. The number of carboxylic acids is 1. The summed E-state index contributed by atoms with van der Waals surface area (Å²) in [5.41, 5.74) is -0.0215. The van der Waals surface area contributed by atoms with Crippen molar-refractivity contribution in [1.82, 2.24) is 0 Å². The van der Waals surface area contributed by atoms with Crippen LogP contribution in [0.4, 0.5) is 5.69 Å². The standard InChI is InChI=1S/C11H14ClNO5S/c1-7(18-2)6-19(16,17)13-8-3-4-10(12)9(5-8)11(14)15/h3-5,7,13H,6H2,1-2H3,(H,14,15). The first-order valence-electron chi connectivity index (χ1n) is 5.31. The van der Waals surface area contributed by atoms with E-state index in [-0.39, 0.29) is 22.0 Å². The molecule has 0 heterocycles. The maximum atomic E-state index is 11.8. The second-order valence-electron chi connectivity index (χ2n) is 3.93. The number of sulfonamides is 1. The highest BCUT2D eigenvalue weighted by molar-refractivity contribution is 7.92. The molecule has 0 spiro atoms. The first-order valence-corrected chi connectivity index (χ1v) is 7.34. The van der Waals surface area contributed by atoms with Crippen LogP contribution in [0.1, 0.15) is 17.3 Å². The molecule has 0 aromatic heterocycles. The Morgan fingerprint density at radius 1 is 1.53 bits per heavy atom. The fourth-order valence-electron chi connectivity index (χ4n) is 1.35. The number of anilines is 1. The molecule has 1 atom stereocenters. The minimum atomic E-state index is -3.61. The van der Waals surface area contributed by atoms with Gasteiger partial charge in [-0.25, -0.2) is 13.2 Å². The predicted octanol–water partition coefficient (Wildman–Crippen LogP) is 1.81. The number of nitrogens with one attached hydrogen (secondary N) is 1. The summed E-state index contributed by atoms with van der Waals surface area (Å²) in [6.07, 6.45) is -0.469. The third kappa shape index (κ3) is 4.70. The number of ether oxygens (including phenoxy) is 1. The van der Waals surface area contributed by atoms with E-state index >= 15 is 0 Å². The predicted molar refractivity (Wildman–Crippen MR) is 72.3 cm³/mol. The molecule has 6 nitrogen and oxygen atoms in total. The quantitative estimate of drug-likeness (QED) is 0.836. The summed E-state index contributed by atoms with van der Waals surface area (Å²) in [7, 11) is -2.20. The first kappa shape index (κ1) is 15.7. The van der Waals surface area contributed by atoms with Gasteiger partial charge in [0.05, 0.1) is 22.4 Å². The molecule has 0 radical (unpaired) electrons. The van der Waals surface area contributed by atoms with Crippen molar-refractivity contribution in [2.24, 2.45) is 0 Å². The molecule has 0 fully saturated rings. The molecule has 0 aliphatic rings. The SMILES string of the molecule is COC(C)CS(=O)(=O)Nc1ccc(Cl)c(C(=O)O)c1. The van der Waals surface area contributed by atoms with Crippen LogP contribution in [0.5, 0.6) is 0 Å². The van der Waals surface area contributed by atoms with Crippen molar-refractivity contribution in [1.29, 1.82) is 0 Å². The Bertz CT molecular complexity index is 572. The van der Waals surface area contributed by atoms with Gasteiger partial charge in [-0.3, -0.25) is 4.72 Å². The monoisotopic (exact) mass is 307 g/mol. The Balaban J connectivity index is 2.94. The minimum Gasteiger partial charge on any atom is -0.478 e. The van der Waals surface area contributed by atoms with Crippen LogP contribution < -0.4 is 4.72 Å². The largest absolute Gasteiger partial charge is 0.478 e. The van der Waals surface area contributed by atoms with Gasteiger partial charge in [-0.15, -0.1) is 0 Å². The molecule has 1 aromatic carbocycles. The van der Waals surface area contributed by atoms with E-state index in [9.17, 15) is 13.2 Å². The lowest BCUT2D eigenvalue weighted by Crippen LogP contribution is -2.25. The molecule has 0 aliphatic carbocycles. The zero-order valence-electron chi connectivity index (χ0n) is 10.4. The van der Waals surface area contributed by atoms with E-state index in [0.717, 1.165) is 0 Å². The fourth-order valence-corrected chi connectivity index (χ4v) is 2.87. The van der Waals surface area contributed by atoms with Crippen LogP contribution in [0.15, 0.2) is 18.2 Å². The van der Waals surface area contributed by atoms with Gasteiger partial charge in [0.1, 0.15) is 0 Å². The second-order valence-corrected chi connectivity index (χ2v) is 6.10. The summed E-state index contributed by atoms with van der Waals surface area (Å²) in [4.78, 5) is 10.9. The van der Waals surface area contributed by atoms with Crippen molar-refractivity contribution in [2.75, 3.05) is 17.6 Å². The topological polar surface area (TPSA) is 92.7 Å². The van der Waals surface area contributed by atoms with E-state index in [4.69, 9.17) is 21.4 Å². The molecule has 1 unspecified atom stereocenters. The van der Waals surface area contributed by atoms with E-state index in [2.05, 4.69) is 4.72 Å². The molecule has 106 valence electrons. The Labute approximate surface area is 116 Å². The fraction of sp³-hybridized carbons (Fsp3) is 0.364. The van der Waals surface area contributed by atoms with Gasteiger partial charge in [0.15, 0.2) is 0 Å². The van der Waals surface area contributed by atoms with Gasteiger partial charge < -0.3 is 9.84 Å². The molecular formula is C11H14ClNO5S. The number of carboxylic acid groups (broad SMARTS) is 1. The number of carbonyl (C=O) groups is 1. The van der Waals surface area contributed by atoms with Crippen molar-refractivity contribution in [3.8, 4) is 0 Å². The van der Waals surface area contributed by atoms with Crippen molar-refractivity contribution in [3.05, 3.63) is 28.8 Å². The lowest BCUT2D eigenvalue weighted by molar-refractivity contribution is 0.0697. The Kier molecular flexibility index (Phi) is 5.16. The summed E-state index contributed by atoms with van der Waals surface area (Å²) < 4.78 is 30.7. The maximum Gasteiger partial charge on any atom is 0.337 e. The maximum absolute atomic E-state index is 11.8. The third-order valence-corrected chi connectivity index (χ3v) is 4.11. The lowest BCUT2D eigenvalue weighted by Gasteiger charge is -2.12. The third-order valence-electron chi connectivity index (χ3n) is 2.33. The van der Waals surface area contributed by atoms with Crippen molar-refractivity contribution in [2.45, 2.75) is 13.0 Å². The summed E-state index contributed by atoms with van der Waals surface area (Å²) in [5, 5.41) is 8.93. The van der Waals surface area contributed by atoms with Gasteiger partial charge in [-0.1, -0.05) is 11.6 Å². The van der Waals surface area contributed by atoms with Gasteiger partial charge in [0, 0.05) is 12.8 Å². The number of aromatic carboxylic acids is 1. The molecule has 1 rings (SSSR count). The van der Waals surface area contributed by atoms with Crippen LogP contribution in [-0.4, -0.2) is 38.5 Å². The van der Waals surface area contributed by atoms with E-state index < -0.39 is 22.1 Å². The Morgan fingerprint density at radius 3 is 2.68 bits per heavy atom. The van der Waals surface area contributed by atoms with Crippen molar-refractivity contribution in [3.63, 3.8) is 0 Å². The van der Waals surface area contributed by atoms with Crippen LogP contribution in [0.25, 0.3) is 0 Å². The Hall–Kier alpha value is -1.31. The van der Waals surface area contributed by atoms with Crippen LogP contribution in [0, 0.1) is 0 Å². The van der Waals surface area contributed by atoms with E-state index in [1.165, 1.54) is 25.3 Å². The molecule has 0 saturated carbocycles. The molecular weight excluding hydrogens is 294 g/mol. The highest BCUT2D eigenvalue weighted by atomic mass is 35.5. The van der Waals surface area contributed by atoms with Crippen molar-refractivity contribution < 1.29 is 23.1 Å². The average Bonchev–Trinajstić information content (AvgIpc) is 2.30. The zero-order chi connectivity index (χ0) is 14.6. The number of halogens is 1. The number of methoxy groups -OCH3 is 1. The van der Waals surface area contributed by atoms with Crippen LogP contribution >= 0.6 is 11.6 Å². The summed E-state index contributed by atoms with van der Waals surface area (Å²) in [5.74, 6) is -1.45. The molecule has 0 bridgehead atoms. The van der Waals surface area contributed by atoms with Gasteiger partial charge in [-0.05, 0) is 25.1 Å². The van der Waals surface area contributed by atoms with Crippen LogP contribution in [-0.2, 0) is 14.8 Å². The van der Waals surface area contributed by atoms with Gasteiger partial charge in [-0.2, -0.15) is 0 Å². The van der Waals surface area contributed by atoms with Crippen LogP contribution in [0.3, 0.4) is 0 Å². The second kappa shape index (κ2) is 6.23. The highest BCUT2D eigenvalue weighted by Gasteiger charge is 2.17. The van der Waals surface area contributed by atoms with Gasteiger partial charge >= 0.3 is 5.97 Å². The molecule has 0 aliphatic heterocycles. The number of hydrogen-bond donors (Lipinski definition) is 2. The number of hydrogen-bond acceptors (Lipinski definition) is 4. The summed E-state index contributed by atoms with van der Waals surface area (Å²) in [6, 6.07) is 3.88. The van der Waals surface area contributed by atoms with Gasteiger partial charge in [0.25, 0.3) is 0 Å². The van der Waals surface area contributed by atoms with E-state index in [1.807, 2.05) is 0 Å². The zero-order valence-corrected chi connectivity index (χ0v) is 12.0. The molecule has 0 saturated heterocycles. The summed E-state index contributed by atoms with van der Waals surface area (Å²) in [6.45, 7) is 1.61. The molecule has 2 N–H and O–H groups in total. The highest BCUT2D eigenvalue weighted by Crippen LogP contribution is 2.21. The molecule has 1 aromatic rings. The minimum absolute atomic E-state index is 0.0423. The lowest BCUT2D eigenvalue weighted by atomic mass is 10.2. The normalized spacial score (nSPS) is 13.0. The van der Waals surface area contributed by atoms with Crippen molar-refractivity contribution >= 4 is 33.3 Å². The molecule has 19 heavy (non-hydrogen) atoms. The van der Waals surface area contributed by atoms with Gasteiger partial charge in [0.2, 0.25) is 10.0 Å². The van der Waals surface area contributed by atoms with Crippen LogP contribution in [0.2, 0.25) is 5.02 Å². The summed E-state index contributed by atoms with van der Waals surface area (Å²) >= 11 is 5.69. The number of rotatable bonds is 6.